The Labute approximate surface area is 185 Å². The summed E-state index contributed by atoms with van der Waals surface area (Å²) in [6, 6.07) is 0. The number of hydrogen-bond acceptors (Lipinski definition) is 5. The normalized spacial score (nSPS) is 22.6. The molecule has 0 aromatic carbocycles. The van der Waals surface area contributed by atoms with Gasteiger partial charge in [-0.3, -0.25) is 0 Å². The molecule has 5 nitrogen and oxygen atoms in total. The molecule has 0 aromatic heterocycles. The lowest BCUT2D eigenvalue weighted by molar-refractivity contribution is -0.0813. The van der Waals surface area contributed by atoms with Gasteiger partial charge in [0.25, 0.3) is 0 Å². The zero-order valence-electron chi connectivity index (χ0n) is 19.6. The molecular weight excluding hydrogens is 380 g/mol. The molecule has 4 atom stereocenters. The van der Waals surface area contributed by atoms with Crippen LogP contribution in [0.25, 0.3) is 0 Å². The Morgan fingerprint density at radius 1 is 0.733 bits per heavy atom. The van der Waals surface area contributed by atoms with E-state index in [1.807, 2.05) is 0 Å². The predicted octanol–water partition coefficient (Wildman–Crippen LogP) is 5.14. The van der Waals surface area contributed by atoms with E-state index in [0.29, 0.717) is 6.61 Å². The van der Waals surface area contributed by atoms with Gasteiger partial charge in [-0.1, -0.05) is 110 Å². The quantitative estimate of drug-likeness (QED) is 0.220. The number of hydrogen-bond donors (Lipinski definition) is 3. The third-order valence-electron chi connectivity index (χ3n) is 6.25. The van der Waals surface area contributed by atoms with Gasteiger partial charge in [-0.2, -0.15) is 0 Å². The van der Waals surface area contributed by atoms with Gasteiger partial charge in [0.15, 0.2) is 0 Å². The number of unbranched alkanes of at least 4 members (excludes halogenated alkanes) is 16. The van der Waals surface area contributed by atoms with Crippen molar-refractivity contribution in [2.24, 2.45) is 0 Å². The first-order valence-corrected chi connectivity index (χ1v) is 12.9. The van der Waals surface area contributed by atoms with E-state index in [1.54, 1.807) is 0 Å². The van der Waals surface area contributed by atoms with Gasteiger partial charge in [-0.25, -0.2) is 0 Å². The zero-order valence-corrected chi connectivity index (χ0v) is 19.6. The monoisotopic (exact) mass is 430 g/mol. The van der Waals surface area contributed by atoms with E-state index in [-0.39, 0.29) is 13.2 Å². The molecule has 1 aliphatic heterocycles. The molecular formula is C25H50O5. The first-order valence-electron chi connectivity index (χ1n) is 12.9. The SMILES string of the molecule is CCCCCCCCCCCCCCCCCCCOC[C@@H](O)[C@@H]1OC[C@H](O)[C@@H]1O. The molecule has 0 radical (unpaired) electrons. The lowest BCUT2D eigenvalue weighted by Crippen LogP contribution is -2.40. The first-order chi connectivity index (χ1) is 14.7. The van der Waals surface area contributed by atoms with Crippen molar-refractivity contribution in [2.75, 3.05) is 19.8 Å². The summed E-state index contributed by atoms with van der Waals surface area (Å²) in [5.74, 6) is 0. The van der Waals surface area contributed by atoms with Crippen molar-refractivity contribution >= 4 is 0 Å². The molecule has 0 aliphatic carbocycles. The summed E-state index contributed by atoms with van der Waals surface area (Å²) in [4.78, 5) is 0. The van der Waals surface area contributed by atoms with Crippen molar-refractivity contribution in [3.05, 3.63) is 0 Å². The van der Waals surface area contributed by atoms with E-state index in [9.17, 15) is 15.3 Å². The summed E-state index contributed by atoms with van der Waals surface area (Å²) in [5, 5.41) is 29.1. The van der Waals surface area contributed by atoms with E-state index in [4.69, 9.17) is 9.47 Å². The fraction of sp³-hybridized carbons (Fsp3) is 1.00. The van der Waals surface area contributed by atoms with Crippen molar-refractivity contribution in [3.63, 3.8) is 0 Å². The molecule has 0 bridgehead atoms. The fourth-order valence-electron chi connectivity index (χ4n) is 4.19. The summed E-state index contributed by atoms with van der Waals surface area (Å²) in [7, 11) is 0. The molecule has 0 unspecified atom stereocenters. The summed E-state index contributed by atoms with van der Waals surface area (Å²) in [6.45, 7) is 3.12. The van der Waals surface area contributed by atoms with Crippen LogP contribution in [0.4, 0.5) is 0 Å². The average Bonchev–Trinajstić information content (AvgIpc) is 3.08. The van der Waals surface area contributed by atoms with E-state index in [0.717, 1.165) is 12.8 Å². The Morgan fingerprint density at radius 3 is 1.57 bits per heavy atom. The molecule has 1 rings (SSSR count). The molecule has 0 amide bonds. The Bertz CT molecular complexity index is 365. The highest BCUT2D eigenvalue weighted by atomic mass is 16.5. The molecule has 0 saturated carbocycles. The van der Waals surface area contributed by atoms with Gasteiger partial charge in [-0.05, 0) is 6.42 Å². The molecule has 0 spiro atoms. The second-order valence-electron chi connectivity index (χ2n) is 9.16. The molecule has 1 aliphatic rings. The Morgan fingerprint density at radius 2 is 1.17 bits per heavy atom. The minimum absolute atomic E-state index is 0.0715. The molecule has 1 saturated heterocycles. The van der Waals surface area contributed by atoms with E-state index >= 15 is 0 Å². The van der Waals surface area contributed by atoms with Crippen molar-refractivity contribution in [1.29, 1.82) is 0 Å². The number of aliphatic hydroxyl groups is 3. The maximum Gasteiger partial charge on any atom is 0.114 e. The van der Waals surface area contributed by atoms with Crippen LogP contribution in [0, 0.1) is 0 Å². The zero-order chi connectivity index (χ0) is 21.9. The lowest BCUT2D eigenvalue weighted by atomic mass is 10.0. The smallest absolute Gasteiger partial charge is 0.114 e. The van der Waals surface area contributed by atoms with Gasteiger partial charge in [0.1, 0.15) is 24.4 Å². The number of rotatable bonds is 21. The molecule has 30 heavy (non-hydrogen) atoms. The van der Waals surface area contributed by atoms with Gasteiger partial charge in [-0.15, -0.1) is 0 Å². The molecule has 1 fully saturated rings. The van der Waals surface area contributed by atoms with Gasteiger partial charge < -0.3 is 24.8 Å². The number of ether oxygens (including phenoxy) is 2. The van der Waals surface area contributed by atoms with Gasteiger partial charge in [0.2, 0.25) is 0 Å². The summed E-state index contributed by atoms with van der Waals surface area (Å²) >= 11 is 0. The van der Waals surface area contributed by atoms with Crippen molar-refractivity contribution in [2.45, 2.75) is 140 Å². The highest BCUT2D eigenvalue weighted by Gasteiger charge is 2.39. The van der Waals surface area contributed by atoms with Crippen LogP contribution in [0.5, 0.6) is 0 Å². The lowest BCUT2D eigenvalue weighted by Gasteiger charge is -2.20. The minimum Gasteiger partial charge on any atom is -0.388 e. The Balaban J connectivity index is 1.73. The van der Waals surface area contributed by atoms with Crippen molar-refractivity contribution < 1.29 is 24.8 Å². The van der Waals surface area contributed by atoms with Crippen LogP contribution < -0.4 is 0 Å². The molecule has 5 heteroatoms. The van der Waals surface area contributed by atoms with E-state index in [1.165, 1.54) is 96.3 Å². The topological polar surface area (TPSA) is 79.2 Å². The van der Waals surface area contributed by atoms with Gasteiger partial charge in [0, 0.05) is 6.61 Å². The molecule has 3 N–H and O–H groups in total. The van der Waals surface area contributed by atoms with Crippen LogP contribution in [0.3, 0.4) is 0 Å². The molecule has 0 aromatic rings. The van der Waals surface area contributed by atoms with E-state index < -0.39 is 24.4 Å². The summed E-state index contributed by atoms with van der Waals surface area (Å²) in [5.41, 5.74) is 0. The fourth-order valence-corrected chi connectivity index (χ4v) is 4.19. The van der Waals surface area contributed by atoms with Crippen LogP contribution in [-0.4, -0.2) is 59.6 Å². The third-order valence-corrected chi connectivity index (χ3v) is 6.25. The largest absolute Gasteiger partial charge is 0.388 e. The van der Waals surface area contributed by atoms with Crippen LogP contribution in [0.2, 0.25) is 0 Å². The van der Waals surface area contributed by atoms with Crippen molar-refractivity contribution in [3.8, 4) is 0 Å². The Kier molecular flexibility index (Phi) is 18.1. The molecule has 1 heterocycles. The first kappa shape index (κ1) is 27.8. The standard InChI is InChI=1S/C25H50O5/c1-2-3-4-5-6-7-8-9-10-11-12-13-14-15-16-17-18-19-29-20-23(27)25-24(28)22(26)21-30-25/h22-28H,2-21H2,1H3/t22-,23+,24-,25-/m0/s1. The van der Waals surface area contributed by atoms with Crippen LogP contribution >= 0.6 is 0 Å². The maximum atomic E-state index is 9.96. The highest BCUT2D eigenvalue weighted by Crippen LogP contribution is 2.18. The summed E-state index contributed by atoms with van der Waals surface area (Å²) in [6.07, 6.45) is 19.4. The highest BCUT2D eigenvalue weighted by molar-refractivity contribution is 4.87. The summed E-state index contributed by atoms with van der Waals surface area (Å²) < 4.78 is 10.7. The van der Waals surface area contributed by atoms with Crippen molar-refractivity contribution in [1.82, 2.24) is 0 Å². The van der Waals surface area contributed by atoms with Gasteiger partial charge in [0.05, 0.1) is 13.2 Å². The van der Waals surface area contributed by atoms with Gasteiger partial charge >= 0.3 is 0 Å². The van der Waals surface area contributed by atoms with E-state index in [2.05, 4.69) is 6.92 Å². The predicted molar refractivity (Wildman–Crippen MR) is 123 cm³/mol. The Hall–Kier alpha value is -0.200. The minimum atomic E-state index is -1.02. The number of aliphatic hydroxyl groups excluding tert-OH is 3. The molecule has 180 valence electrons. The second-order valence-corrected chi connectivity index (χ2v) is 9.16. The van der Waals surface area contributed by atoms with Crippen LogP contribution in [0.15, 0.2) is 0 Å². The average molecular weight is 431 g/mol. The maximum absolute atomic E-state index is 9.96. The van der Waals surface area contributed by atoms with Crippen LogP contribution in [-0.2, 0) is 9.47 Å². The second kappa shape index (κ2) is 19.5. The van der Waals surface area contributed by atoms with Crippen LogP contribution in [0.1, 0.15) is 116 Å². The third kappa shape index (κ3) is 14.0.